The van der Waals surface area contributed by atoms with E-state index in [0.717, 1.165) is 31.3 Å². The fourth-order valence-corrected chi connectivity index (χ4v) is 11.5. The van der Waals surface area contributed by atoms with Crippen LogP contribution < -0.4 is 24.6 Å². The number of nitro groups is 1. The Balaban J connectivity index is 1.11. The van der Waals surface area contributed by atoms with Crippen LogP contribution in [-0.2, 0) is 14.4 Å². The number of aromatic nitrogens is 1. The largest absolute Gasteiger partial charge is 0.497 e. The number of fused-ring (bicyclic) bond motifs is 9. The smallest absolute Gasteiger partial charge is 0.305 e. The Morgan fingerprint density at radius 1 is 1.04 bits per heavy atom. The molecule has 0 radical (unpaired) electrons. The van der Waals surface area contributed by atoms with E-state index < -0.39 is 16.8 Å². The monoisotopic (exact) mass is 762 g/mol. The molecule has 4 aromatic rings. The summed E-state index contributed by atoms with van der Waals surface area (Å²) in [5.41, 5.74) is 1.57. The average molecular weight is 764 g/mol. The van der Waals surface area contributed by atoms with Crippen LogP contribution in [0.25, 0.3) is 0 Å². The molecule has 49 heavy (non-hydrogen) atoms. The lowest BCUT2D eigenvalue weighted by Gasteiger charge is -2.43. The number of thiazole rings is 1. The molecule has 250 valence electrons. The lowest BCUT2D eigenvalue weighted by molar-refractivity contribution is -0.384. The summed E-state index contributed by atoms with van der Waals surface area (Å²) in [7, 11) is 1.57. The third-order valence-electron chi connectivity index (χ3n) is 10.1. The van der Waals surface area contributed by atoms with Gasteiger partial charge in [0.1, 0.15) is 11.5 Å². The van der Waals surface area contributed by atoms with Crippen molar-refractivity contribution in [2.24, 2.45) is 29.6 Å². The zero-order chi connectivity index (χ0) is 34.1. The van der Waals surface area contributed by atoms with Gasteiger partial charge in [-0.25, -0.2) is 0 Å². The highest BCUT2D eigenvalue weighted by atomic mass is 79.9. The number of nitrogens with zero attached hydrogens (tertiary/aromatic N) is 2. The van der Waals surface area contributed by atoms with Crippen molar-refractivity contribution in [3.05, 3.63) is 101 Å². The second-order valence-electron chi connectivity index (χ2n) is 12.5. The molecular weight excluding hydrogens is 736 g/mol. The highest BCUT2D eigenvalue weighted by Crippen LogP contribution is 2.69. The maximum atomic E-state index is 14.1. The molecule has 15 heteroatoms. The number of hydrogen-bond acceptors (Lipinski definition) is 10. The number of nitro benzene ring substituents is 1. The molecule has 2 aliphatic carbocycles. The number of rotatable bonds is 8. The van der Waals surface area contributed by atoms with Gasteiger partial charge in [0.05, 0.1) is 34.6 Å². The number of amides is 3. The molecule has 1 saturated heterocycles. The van der Waals surface area contributed by atoms with Gasteiger partial charge < -0.3 is 19.8 Å². The van der Waals surface area contributed by atoms with Crippen LogP contribution in [0.2, 0.25) is 0 Å². The highest BCUT2D eigenvalue weighted by Gasteiger charge is 2.70. The Bertz CT molecular complexity index is 2080. The average Bonchev–Trinajstić information content (AvgIpc) is 3.83. The summed E-state index contributed by atoms with van der Waals surface area (Å²) < 4.78 is 12.1. The summed E-state index contributed by atoms with van der Waals surface area (Å²) in [5, 5.41) is 14.7. The fourth-order valence-electron chi connectivity index (χ4n) is 8.25. The second-order valence-corrected chi connectivity index (χ2v) is 15.6. The first kappa shape index (κ1) is 31.8. The first-order chi connectivity index (χ1) is 23.6. The molecule has 2 saturated carbocycles. The number of anilines is 2. The van der Waals surface area contributed by atoms with Gasteiger partial charge >= 0.3 is 4.87 Å². The van der Waals surface area contributed by atoms with E-state index in [9.17, 15) is 29.3 Å². The molecule has 2 N–H and O–H groups in total. The molecule has 0 unspecified atom stereocenters. The van der Waals surface area contributed by atoms with Crippen molar-refractivity contribution in [1.82, 2.24) is 4.98 Å². The van der Waals surface area contributed by atoms with Gasteiger partial charge in [0.15, 0.2) is 6.61 Å². The first-order valence-corrected chi connectivity index (χ1v) is 18.0. The normalized spacial score (nSPS) is 26.2. The van der Waals surface area contributed by atoms with Gasteiger partial charge in [-0.3, -0.25) is 34.2 Å². The lowest BCUT2D eigenvalue weighted by atomic mass is 9.68. The number of non-ortho nitro benzene ring substituents is 1. The first-order valence-electron chi connectivity index (χ1n) is 15.5. The number of imide groups is 1. The fraction of sp³-hybridized carbons (Fsp3) is 0.294. The maximum absolute atomic E-state index is 14.1. The lowest BCUT2D eigenvalue weighted by Crippen LogP contribution is -2.42. The van der Waals surface area contributed by atoms with Crippen molar-refractivity contribution >= 4 is 73.8 Å². The van der Waals surface area contributed by atoms with E-state index in [0.29, 0.717) is 29.3 Å². The SMILES string of the molecule is COc1ccc(NC(=O)COc2ccc(Br)cc2[C@@H]2c3sc(=O)[nH]c3S[C@@H]3[C@@H]4C[C@@H]([C@@H]5C(=O)N(c6ccc([N+](=O)[O-])cc6)C(=O)[C@@H]45)[C@H]23)cc1. The van der Waals surface area contributed by atoms with Crippen molar-refractivity contribution in [2.45, 2.75) is 22.6 Å². The Morgan fingerprint density at radius 2 is 1.76 bits per heavy atom. The Hall–Kier alpha value is -4.47. The molecule has 4 aliphatic rings. The minimum Gasteiger partial charge on any atom is -0.497 e. The number of ether oxygens (including phenoxy) is 2. The third-order valence-corrected chi connectivity index (χ3v) is 13.2. The molecular formula is C34H27BrN4O8S2. The summed E-state index contributed by atoms with van der Waals surface area (Å²) >= 11 is 6.30. The van der Waals surface area contributed by atoms with E-state index in [1.165, 1.54) is 29.2 Å². The molecule has 0 spiro atoms. The van der Waals surface area contributed by atoms with Gasteiger partial charge in [0.2, 0.25) is 11.8 Å². The zero-order valence-electron chi connectivity index (χ0n) is 25.7. The number of hydrogen-bond donors (Lipinski definition) is 2. The summed E-state index contributed by atoms with van der Waals surface area (Å²) in [5.74, 6) is -1.58. The topological polar surface area (TPSA) is 161 Å². The third kappa shape index (κ3) is 5.25. The maximum Gasteiger partial charge on any atom is 0.305 e. The van der Waals surface area contributed by atoms with Gasteiger partial charge in [0.25, 0.3) is 11.6 Å². The molecule has 1 aromatic heterocycles. The van der Waals surface area contributed by atoms with E-state index in [4.69, 9.17) is 9.47 Å². The molecule has 3 amide bonds. The number of aromatic amines is 1. The Kier molecular flexibility index (Phi) is 7.87. The molecule has 8 rings (SSSR count). The number of nitrogens with one attached hydrogen (secondary N) is 2. The quantitative estimate of drug-likeness (QED) is 0.128. The zero-order valence-corrected chi connectivity index (χ0v) is 28.9. The van der Waals surface area contributed by atoms with Crippen LogP contribution in [0.4, 0.5) is 17.1 Å². The Labute approximate surface area is 295 Å². The number of halogens is 1. The van der Waals surface area contributed by atoms with Crippen LogP contribution in [0.5, 0.6) is 11.5 Å². The molecule has 3 fully saturated rings. The summed E-state index contributed by atoms with van der Waals surface area (Å²) in [4.78, 5) is 69.3. The van der Waals surface area contributed by atoms with Crippen molar-refractivity contribution in [3.8, 4) is 11.5 Å². The van der Waals surface area contributed by atoms with Crippen LogP contribution in [0, 0.1) is 39.7 Å². The highest BCUT2D eigenvalue weighted by molar-refractivity contribution is 9.10. The van der Waals surface area contributed by atoms with Gasteiger partial charge in [-0.05, 0) is 78.8 Å². The predicted molar refractivity (Wildman–Crippen MR) is 185 cm³/mol. The van der Waals surface area contributed by atoms with E-state index in [1.54, 1.807) is 49.2 Å². The summed E-state index contributed by atoms with van der Waals surface area (Å²) in [6.45, 7) is -0.263. The van der Waals surface area contributed by atoms with Crippen LogP contribution in [0.1, 0.15) is 22.8 Å². The van der Waals surface area contributed by atoms with E-state index >= 15 is 0 Å². The number of carbonyl (C=O) groups is 3. The van der Waals surface area contributed by atoms with Crippen LogP contribution in [0.15, 0.2) is 81.0 Å². The van der Waals surface area contributed by atoms with Crippen molar-refractivity contribution in [3.63, 3.8) is 0 Å². The second kappa shape index (κ2) is 12.1. The minimum absolute atomic E-state index is 0.0623. The van der Waals surface area contributed by atoms with E-state index in [-0.39, 0.29) is 63.8 Å². The van der Waals surface area contributed by atoms with Gasteiger partial charge in [-0.2, -0.15) is 0 Å². The van der Waals surface area contributed by atoms with Gasteiger partial charge in [0, 0.05) is 43.9 Å². The van der Waals surface area contributed by atoms with Crippen molar-refractivity contribution in [2.75, 3.05) is 23.9 Å². The Morgan fingerprint density at radius 3 is 2.45 bits per heavy atom. The van der Waals surface area contributed by atoms with Crippen LogP contribution in [0.3, 0.4) is 0 Å². The van der Waals surface area contributed by atoms with Crippen molar-refractivity contribution in [1.29, 1.82) is 0 Å². The number of H-pyrrole nitrogens is 1. The molecule has 2 aliphatic heterocycles. The molecule has 12 nitrogen and oxygen atoms in total. The molecule has 3 heterocycles. The number of thioether (sulfide) groups is 1. The number of methoxy groups -OCH3 is 1. The van der Waals surface area contributed by atoms with E-state index in [2.05, 4.69) is 26.2 Å². The minimum atomic E-state index is -0.555. The van der Waals surface area contributed by atoms with Crippen molar-refractivity contribution < 1.29 is 28.8 Å². The standard InChI is InChI=1S/C34H27BrN4O8S2/c1-46-19-9-3-16(4-10-19)36-24(40)14-47-23-11-2-15(35)12-20(23)25-26-21-13-22(29(26)48-31-30(25)49-34(43)37-31)28-27(21)32(41)38(33(28)42)17-5-7-18(8-6-17)39(44)45/h2-12,21-22,25-29H,13-14H2,1H3,(H,36,40)(H,37,43)/t21-,22-,25+,26-,27+,28+,29-/m1/s1. The number of benzene rings is 3. The van der Waals surface area contributed by atoms with Gasteiger partial charge in [-0.15, -0.1) is 11.8 Å². The van der Waals surface area contributed by atoms with Gasteiger partial charge in [-0.1, -0.05) is 27.3 Å². The van der Waals surface area contributed by atoms with Crippen LogP contribution in [-0.4, -0.2) is 46.6 Å². The summed E-state index contributed by atoms with van der Waals surface area (Å²) in [6, 6.07) is 18.0. The summed E-state index contributed by atoms with van der Waals surface area (Å²) in [6.07, 6.45) is 0.688. The molecule has 2 bridgehead atoms. The molecule has 3 aromatic carbocycles. The molecule has 7 atom stereocenters. The predicted octanol–water partition coefficient (Wildman–Crippen LogP) is 5.81. The van der Waals surface area contributed by atoms with E-state index in [1.807, 2.05) is 12.1 Å². The van der Waals surface area contributed by atoms with Crippen LogP contribution >= 0.6 is 39.0 Å². The number of carbonyl (C=O) groups excluding carboxylic acids is 3.